The second-order valence-electron chi connectivity index (χ2n) is 8.16. The average molecular weight is 493 g/mol. The number of rotatable bonds is 14. The van der Waals surface area contributed by atoms with E-state index in [9.17, 15) is 9.90 Å². The third-order valence-corrected chi connectivity index (χ3v) is 6.83. The van der Waals surface area contributed by atoms with Crippen LogP contribution < -0.4 is 9.47 Å². The molecule has 1 aromatic carbocycles. The number of para-hydroxylation sites is 2. The highest BCUT2D eigenvalue weighted by Gasteiger charge is 2.33. The number of carbonyl (C=O) groups excluding carboxylic acids is 1. The van der Waals surface area contributed by atoms with E-state index in [2.05, 4.69) is 11.4 Å². The SMILES string of the molecule is CCOCC(O)CN(CCOC)CC(=O)N1CCc2sccc2C1COc1ccccc1OC. The molecule has 9 heteroatoms. The van der Waals surface area contributed by atoms with E-state index in [-0.39, 0.29) is 25.1 Å². The van der Waals surface area contributed by atoms with Crippen molar-refractivity contribution in [1.29, 1.82) is 0 Å². The van der Waals surface area contributed by atoms with Crippen LogP contribution in [0.2, 0.25) is 0 Å². The first-order chi connectivity index (χ1) is 16.6. The number of amides is 1. The summed E-state index contributed by atoms with van der Waals surface area (Å²) in [4.78, 5) is 18.6. The van der Waals surface area contributed by atoms with Gasteiger partial charge in [0.1, 0.15) is 6.61 Å². The van der Waals surface area contributed by atoms with E-state index in [1.165, 1.54) is 4.88 Å². The van der Waals surface area contributed by atoms with Gasteiger partial charge in [0, 0.05) is 38.2 Å². The topological polar surface area (TPSA) is 80.7 Å². The zero-order valence-electron chi connectivity index (χ0n) is 20.3. The van der Waals surface area contributed by atoms with Gasteiger partial charge >= 0.3 is 0 Å². The van der Waals surface area contributed by atoms with Gasteiger partial charge < -0.3 is 29.0 Å². The number of carbonyl (C=O) groups is 1. The van der Waals surface area contributed by atoms with Gasteiger partial charge in [0.25, 0.3) is 0 Å². The quantitative estimate of drug-likeness (QED) is 0.434. The minimum atomic E-state index is -0.667. The van der Waals surface area contributed by atoms with Gasteiger partial charge in [0.2, 0.25) is 5.91 Å². The van der Waals surface area contributed by atoms with E-state index >= 15 is 0 Å². The van der Waals surface area contributed by atoms with Crippen LogP contribution in [-0.4, -0.2) is 93.7 Å². The lowest BCUT2D eigenvalue weighted by Crippen LogP contribution is -2.48. The molecule has 8 nitrogen and oxygen atoms in total. The van der Waals surface area contributed by atoms with Gasteiger partial charge in [0.15, 0.2) is 11.5 Å². The number of hydrogen-bond acceptors (Lipinski definition) is 8. The molecule has 0 radical (unpaired) electrons. The lowest BCUT2D eigenvalue weighted by Gasteiger charge is -2.37. The lowest BCUT2D eigenvalue weighted by atomic mass is 10.0. The molecule has 1 N–H and O–H groups in total. The number of aliphatic hydroxyl groups is 1. The molecule has 2 atom stereocenters. The molecule has 0 bridgehead atoms. The Balaban J connectivity index is 1.71. The number of aliphatic hydroxyl groups excluding tert-OH is 1. The van der Waals surface area contributed by atoms with Crippen molar-refractivity contribution in [1.82, 2.24) is 9.80 Å². The van der Waals surface area contributed by atoms with Crippen LogP contribution in [0.15, 0.2) is 35.7 Å². The Morgan fingerprint density at radius 3 is 2.79 bits per heavy atom. The highest BCUT2D eigenvalue weighted by atomic mass is 32.1. The van der Waals surface area contributed by atoms with Crippen molar-refractivity contribution in [3.05, 3.63) is 46.2 Å². The normalized spacial score (nSPS) is 16.4. The van der Waals surface area contributed by atoms with Gasteiger partial charge in [-0.3, -0.25) is 9.69 Å². The molecule has 0 saturated carbocycles. The van der Waals surface area contributed by atoms with Gasteiger partial charge in [-0.25, -0.2) is 0 Å². The van der Waals surface area contributed by atoms with Crippen LogP contribution in [0.4, 0.5) is 0 Å². The average Bonchev–Trinajstić information content (AvgIpc) is 3.33. The molecule has 2 unspecified atom stereocenters. The molecule has 3 rings (SSSR count). The highest BCUT2D eigenvalue weighted by Crippen LogP contribution is 2.35. The first-order valence-electron chi connectivity index (χ1n) is 11.7. The van der Waals surface area contributed by atoms with Crippen molar-refractivity contribution in [2.24, 2.45) is 0 Å². The zero-order chi connectivity index (χ0) is 24.3. The Labute approximate surface area is 206 Å². The van der Waals surface area contributed by atoms with Crippen LogP contribution in [0.25, 0.3) is 0 Å². The summed E-state index contributed by atoms with van der Waals surface area (Å²) in [6.45, 7) is 5.19. The predicted octanol–water partition coefficient (Wildman–Crippen LogP) is 2.61. The van der Waals surface area contributed by atoms with Crippen LogP contribution in [0.3, 0.4) is 0 Å². The maximum atomic E-state index is 13.5. The summed E-state index contributed by atoms with van der Waals surface area (Å²) in [5.41, 5.74) is 1.14. The molecular formula is C25H36N2O6S. The Bertz CT molecular complexity index is 892. The van der Waals surface area contributed by atoms with Crippen LogP contribution >= 0.6 is 11.3 Å². The fraction of sp³-hybridized carbons (Fsp3) is 0.560. The number of benzene rings is 1. The largest absolute Gasteiger partial charge is 0.493 e. The summed E-state index contributed by atoms with van der Waals surface area (Å²) in [5, 5.41) is 12.4. The molecular weight excluding hydrogens is 456 g/mol. The minimum absolute atomic E-state index is 0.00481. The van der Waals surface area contributed by atoms with Crippen LogP contribution in [0.1, 0.15) is 23.4 Å². The van der Waals surface area contributed by atoms with E-state index in [1.54, 1.807) is 25.6 Å². The van der Waals surface area contributed by atoms with E-state index in [4.69, 9.17) is 18.9 Å². The monoisotopic (exact) mass is 492 g/mol. The third-order valence-electron chi connectivity index (χ3n) is 5.83. The number of hydrogen-bond donors (Lipinski definition) is 1. The van der Waals surface area contributed by atoms with Crippen molar-refractivity contribution < 1.29 is 28.8 Å². The Kier molecular flexibility index (Phi) is 10.6. The predicted molar refractivity (Wildman–Crippen MR) is 132 cm³/mol. The van der Waals surface area contributed by atoms with Crippen molar-refractivity contribution in [3.63, 3.8) is 0 Å². The molecule has 2 aromatic rings. The number of ether oxygens (including phenoxy) is 4. The van der Waals surface area contributed by atoms with Gasteiger partial charge in [0.05, 0.1) is 39.0 Å². The molecule has 34 heavy (non-hydrogen) atoms. The summed E-state index contributed by atoms with van der Waals surface area (Å²) < 4.78 is 22.1. The molecule has 0 aliphatic carbocycles. The number of thiophene rings is 1. The van der Waals surface area contributed by atoms with Gasteiger partial charge in [-0.1, -0.05) is 12.1 Å². The summed E-state index contributed by atoms with van der Waals surface area (Å²) in [6.07, 6.45) is 0.161. The van der Waals surface area contributed by atoms with Gasteiger partial charge in [-0.2, -0.15) is 0 Å². The fourth-order valence-corrected chi connectivity index (χ4v) is 5.05. The van der Waals surface area contributed by atoms with Gasteiger partial charge in [-0.15, -0.1) is 11.3 Å². The van der Waals surface area contributed by atoms with Crippen molar-refractivity contribution in [2.45, 2.75) is 25.5 Å². The van der Waals surface area contributed by atoms with Gasteiger partial charge in [-0.05, 0) is 42.5 Å². The minimum Gasteiger partial charge on any atom is -0.493 e. The van der Waals surface area contributed by atoms with Crippen LogP contribution in [0.5, 0.6) is 11.5 Å². The summed E-state index contributed by atoms with van der Waals surface area (Å²) in [5.74, 6) is 1.32. The second-order valence-corrected chi connectivity index (χ2v) is 9.16. The van der Waals surface area contributed by atoms with Crippen molar-refractivity contribution >= 4 is 17.2 Å². The molecule has 2 heterocycles. The summed E-state index contributed by atoms with van der Waals surface area (Å²) in [6, 6.07) is 9.42. The number of fused-ring (bicyclic) bond motifs is 1. The first kappa shape index (κ1) is 26.4. The van der Waals surface area contributed by atoms with E-state index in [0.29, 0.717) is 51.0 Å². The fourth-order valence-electron chi connectivity index (χ4n) is 4.12. The molecule has 188 valence electrons. The summed E-state index contributed by atoms with van der Waals surface area (Å²) >= 11 is 1.72. The first-order valence-corrected chi connectivity index (χ1v) is 12.5. The number of nitrogens with zero attached hydrogens (tertiary/aromatic N) is 2. The maximum absolute atomic E-state index is 13.5. The van der Waals surface area contributed by atoms with E-state index in [0.717, 1.165) is 12.0 Å². The molecule has 0 fully saturated rings. The van der Waals surface area contributed by atoms with E-state index < -0.39 is 6.10 Å². The molecule has 0 spiro atoms. The Morgan fingerprint density at radius 2 is 2.06 bits per heavy atom. The molecule has 0 saturated heterocycles. The second kappa shape index (κ2) is 13.7. The van der Waals surface area contributed by atoms with E-state index in [1.807, 2.05) is 41.0 Å². The number of methoxy groups -OCH3 is 2. The Hall–Kier alpha value is -2.17. The van der Waals surface area contributed by atoms with Crippen molar-refractivity contribution in [2.75, 3.05) is 66.8 Å². The third kappa shape index (κ3) is 7.16. The van der Waals surface area contributed by atoms with Crippen molar-refractivity contribution in [3.8, 4) is 11.5 Å². The van der Waals surface area contributed by atoms with Crippen LogP contribution in [-0.2, 0) is 20.7 Å². The summed E-state index contributed by atoms with van der Waals surface area (Å²) in [7, 11) is 3.24. The molecule has 1 aliphatic heterocycles. The Morgan fingerprint density at radius 1 is 1.26 bits per heavy atom. The van der Waals surface area contributed by atoms with Crippen LogP contribution in [0, 0.1) is 0 Å². The molecule has 1 aliphatic rings. The molecule has 1 amide bonds. The lowest BCUT2D eigenvalue weighted by molar-refractivity contribution is -0.136. The maximum Gasteiger partial charge on any atom is 0.237 e. The molecule has 1 aromatic heterocycles. The standard InChI is InChI=1S/C25H36N2O6S/c1-4-32-17-19(28)15-26(12-13-30-2)16-25(29)27-11-9-24-20(10-14-34-24)21(27)18-33-23-8-6-5-7-22(23)31-3/h5-8,10,14,19,21,28H,4,9,11-13,15-18H2,1-3H3. The smallest absolute Gasteiger partial charge is 0.237 e. The zero-order valence-corrected chi connectivity index (χ0v) is 21.1. The highest BCUT2D eigenvalue weighted by molar-refractivity contribution is 7.10.